The smallest absolute Gasteiger partial charge is 0.243 e. The molecular formula is C21H20FN7O2S. The summed E-state index contributed by atoms with van der Waals surface area (Å²) in [6.07, 6.45) is 1.41. The van der Waals surface area contributed by atoms with Gasteiger partial charge in [-0.2, -0.15) is 8.99 Å². The zero-order valence-corrected chi connectivity index (χ0v) is 18.1. The van der Waals surface area contributed by atoms with Gasteiger partial charge in [-0.25, -0.2) is 22.8 Å². The third-order valence-corrected chi connectivity index (χ3v) is 7.38. The number of benzene rings is 2. The van der Waals surface area contributed by atoms with Gasteiger partial charge in [-0.15, -0.1) is 5.10 Å². The molecule has 3 heterocycles. The molecule has 0 amide bonds. The highest BCUT2D eigenvalue weighted by Crippen LogP contribution is 2.25. The molecule has 0 bridgehead atoms. The standard InChI is InChI=1S/C21H20FN7O2S/c1-15-5-7-18(8-6-15)32(30,31)28-11-9-27(10-12-28)20-19-21(24-14-23-20)29(26-25-19)17-4-2-3-16(22)13-17/h2-8,13-14H,9-12H2,1H3. The van der Waals surface area contributed by atoms with Crippen LogP contribution in [0.25, 0.3) is 16.9 Å². The fourth-order valence-corrected chi connectivity index (χ4v) is 5.17. The molecule has 1 fully saturated rings. The van der Waals surface area contributed by atoms with Gasteiger partial charge in [-0.3, -0.25) is 0 Å². The van der Waals surface area contributed by atoms with Gasteiger partial charge in [0.1, 0.15) is 12.1 Å². The molecule has 164 valence electrons. The van der Waals surface area contributed by atoms with Crippen LogP contribution >= 0.6 is 0 Å². The molecule has 1 saturated heterocycles. The lowest BCUT2D eigenvalue weighted by Gasteiger charge is -2.34. The van der Waals surface area contributed by atoms with Crippen molar-refractivity contribution in [2.45, 2.75) is 11.8 Å². The molecular weight excluding hydrogens is 433 g/mol. The Morgan fingerprint density at radius 3 is 2.44 bits per heavy atom. The third kappa shape index (κ3) is 3.59. The second-order valence-corrected chi connectivity index (χ2v) is 9.49. The maximum atomic E-state index is 13.6. The van der Waals surface area contributed by atoms with E-state index in [2.05, 4.69) is 20.3 Å². The largest absolute Gasteiger partial charge is 0.352 e. The Hall–Kier alpha value is -3.44. The highest BCUT2D eigenvalue weighted by molar-refractivity contribution is 7.89. The first-order valence-electron chi connectivity index (χ1n) is 10.1. The van der Waals surface area contributed by atoms with Gasteiger partial charge in [-0.1, -0.05) is 29.0 Å². The maximum absolute atomic E-state index is 13.6. The number of sulfonamides is 1. The number of halogens is 1. The first-order valence-corrected chi connectivity index (χ1v) is 11.5. The average molecular weight is 454 g/mol. The Morgan fingerprint density at radius 1 is 0.969 bits per heavy atom. The summed E-state index contributed by atoms with van der Waals surface area (Å²) in [5, 5.41) is 8.34. The van der Waals surface area contributed by atoms with Crippen LogP contribution in [-0.2, 0) is 10.0 Å². The van der Waals surface area contributed by atoms with Crippen LogP contribution in [0, 0.1) is 12.7 Å². The van der Waals surface area contributed by atoms with Gasteiger partial charge >= 0.3 is 0 Å². The van der Waals surface area contributed by atoms with Crippen molar-refractivity contribution in [2.24, 2.45) is 0 Å². The van der Waals surface area contributed by atoms with Crippen molar-refractivity contribution in [3.63, 3.8) is 0 Å². The molecule has 1 aliphatic rings. The Balaban J connectivity index is 1.39. The summed E-state index contributed by atoms with van der Waals surface area (Å²) < 4.78 is 42.5. The van der Waals surface area contributed by atoms with Crippen molar-refractivity contribution in [3.8, 4) is 5.69 Å². The van der Waals surface area contributed by atoms with Crippen LogP contribution in [0.1, 0.15) is 5.56 Å². The first kappa shape index (κ1) is 20.5. The number of anilines is 1. The van der Waals surface area contributed by atoms with Gasteiger partial charge < -0.3 is 4.90 Å². The number of hydrogen-bond acceptors (Lipinski definition) is 7. The van der Waals surface area contributed by atoms with Crippen LogP contribution in [0.15, 0.2) is 59.8 Å². The lowest BCUT2D eigenvalue weighted by atomic mass is 10.2. The lowest BCUT2D eigenvalue weighted by molar-refractivity contribution is 0.384. The summed E-state index contributed by atoms with van der Waals surface area (Å²) in [6.45, 7) is 3.45. The van der Waals surface area contributed by atoms with Gasteiger partial charge in [0, 0.05) is 26.2 Å². The van der Waals surface area contributed by atoms with E-state index in [9.17, 15) is 12.8 Å². The van der Waals surface area contributed by atoms with E-state index in [1.807, 2.05) is 11.8 Å². The second kappa shape index (κ2) is 7.92. The summed E-state index contributed by atoms with van der Waals surface area (Å²) in [7, 11) is -3.56. The van der Waals surface area contributed by atoms with Gasteiger partial charge in [0.25, 0.3) is 0 Å². The Labute approximate surface area is 184 Å². The number of hydrogen-bond donors (Lipinski definition) is 0. The van der Waals surface area contributed by atoms with E-state index in [-0.39, 0.29) is 5.82 Å². The molecule has 0 atom stereocenters. The topological polar surface area (TPSA) is 97.1 Å². The first-order chi connectivity index (χ1) is 15.4. The van der Waals surface area contributed by atoms with Gasteiger partial charge in [0.15, 0.2) is 17.0 Å². The minimum Gasteiger partial charge on any atom is -0.352 e. The molecule has 32 heavy (non-hydrogen) atoms. The maximum Gasteiger partial charge on any atom is 0.243 e. The van der Waals surface area contributed by atoms with Crippen molar-refractivity contribution in [1.29, 1.82) is 0 Å². The molecule has 0 N–H and O–H groups in total. The van der Waals surface area contributed by atoms with Crippen LogP contribution in [0.4, 0.5) is 10.2 Å². The van der Waals surface area contributed by atoms with E-state index in [1.165, 1.54) is 27.4 Å². The van der Waals surface area contributed by atoms with Crippen LogP contribution in [0.2, 0.25) is 0 Å². The van der Waals surface area contributed by atoms with E-state index in [0.717, 1.165) is 5.56 Å². The predicted molar refractivity (Wildman–Crippen MR) is 117 cm³/mol. The number of aryl methyl sites for hydroxylation is 1. The quantitative estimate of drug-likeness (QED) is 0.467. The summed E-state index contributed by atoms with van der Waals surface area (Å²) in [5.74, 6) is 0.191. The highest BCUT2D eigenvalue weighted by Gasteiger charge is 2.30. The number of nitrogens with zero attached hydrogens (tertiary/aromatic N) is 7. The van der Waals surface area contributed by atoms with E-state index < -0.39 is 10.0 Å². The average Bonchev–Trinajstić information content (AvgIpc) is 3.24. The summed E-state index contributed by atoms with van der Waals surface area (Å²) >= 11 is 0. The van der Waals surface area contributed by atoms with E-state index >= 15 is 0 Å². The summed E-state index contributed by atoms with van der Waals surface area (Å²) in [6, 6.07) is 12.9. The van der Waals surface area contributed by atoms with Crippen molar-refractivity contribution >= 4 is 27.0 Å². The summed E-state index contributed by atoms with van der Waals surface area (Å²) in [4.78, 5) is 10.9. The molecule has 1 aliphatic heterocycles. The zero-order valence-electron chi connectivity index (χ0n) is 17.3. The van der Waals surface area contributed by atoms with Crippen molar-refractivity contribution in [1.82, 2.24) is 29.3 Å². The molecule has 2 aromatic carbocycles. The SMILES string of the molecule is Cc1ccc(S(=O)(=O)N2CCN(c3ncnc4c3nnn4-c3cccc(F)c3)CC2)cc1. The van der Waals surface area contributed by atoms with Crippen LogP contribution in [0.5, 0.6) is 0 Å². The van der Waals surface area contributed by atoms with Crippen LogP contribution < -0.4 is 4.90 Å². The normalized spacial score (nSPS) is 15.4. The number of piperazine rings is 1. The third-order valence-electron chi connectivity index (χ3n) is 5.47. The van der Waals surface area contributed by atoms with Crippen molar-refractivity contribution in [2.75, 3.05) is 31.1 Å². The fraction of sp³-hybridized carbons (Fsp3) is 0.238. The van der Waals surface area contributed by atoms with E-state index in [4.69, 9.17) is 0 Å². The fourth-order valence-electron chi connectivity index (χ4n) is 3.75. The second-order valence-electron chi connectivity index (χ2n) is 7.55. The van der Waals surface area contributed by atoms with Crippen molar-refractivity contribution < 1.29 is 12.8 Å². The monoisotopic (exact) mass is 453 g/mol. The lowest BCUT2D eigenvalue weighted by Crippen LogP contribution is -2.49. The van der Waals surface area contributed by atoms with E-state index in [1.54, 1.807) is 36.4 Å². The highest BCUT2D eigenvalue weighted by atomic mass is 32.2. The predicted octanol–water partition coefficient (Wildman–Crippen LogP) is 2.17. The number of rotatable bonds is 4. The Morgan fingerprint density at radius 2 is 1.72 bits per heavy atom. The molecule has 0 radical (unpaired) electrons. The Bertz CT molecular complexity index is 1380. The minimum absolute atomic E-state index is 0.291. The molecule has 11 heteroatoms. The molecule has 0 spiro atoms. The molecule has 9 nitrogen and oxygen atoms in total. The number of aromatic nitrogens is 5. The molecule has 0 unspecified atom stereocenters. The number of fused-ring (bicyclic) bond motifs is 1. The van der Waals surface area contributed by atoms with Crippen molar-refractivity contribution in [3.05, 3.63) is 66.2 Å². The Kier molecular flexibility index (Phi) is 5.06. The van der Waals surface area contributed by atoms with Crippen LogP contribution in [0.3, 0.4) is 0 Å². The molecule has 5 rings (SSSR count). The molecule has 0 saturated carbocycles. The van der Waals surface area contributed by atoms with Crippen LogP contribution in [-0.4, -0.2) is 63.9 Å². The molecule has 4 aromatic rings. The van der Waals surface area contributed by atoms with Gasteiger partial charge in [0.05, 0.1) is 10.6 Å². The van der Waals surface area contributed by atoms with Gasteiger partial charge in [-0.05, 0) is 37.3 Å². The minimum atomic E-state index is -3.56. The zero-order chi connectivity index (χ0) is 22.3. The molecule has 2 aromatic heterocycles. The summed E-state index contributed by atoms with van der Waals surface area (Å²) in [5.41, 5.74) is 2.45. The van der Waals surface area contributed by atoms with E-state index in [0.29, 0.717) is 53.7 Å². The van der Waals surface area contributed by atoms with Gasteiger partial charge in [0.2, 0.25) is 10.0 Å². The molecule has 0 aliphatic carbocycles.